The summed E-state index contributed by atoms with van der Waals surface area (Å²) in [7, 11) is 0. The van der Waals surface area contributed by atoms with Gasteiger partial charge in [-0.15, -0.1) is 0 Å². The smallest absolute Gasteiger partial charge is 0.225 e. The predicted molar refractivity (Wildman–Crippen MR) is 130 cm³/mol. The minimum atomic E-state index is -0.258. The number of hydrogen-bond donors (Lipinski definition) is 2. The molecular weight excluding hydrogens is 439 g/mol. The van der Waals surface area contributed by atoms with E-state index in [0.29, 0.717) is 23.4 Å². The van der Waals surface area contributed by atoms with Crippen LogP contribution in [-0.2, 0) is 13.1 Å². The Labute approximate surface area is 197 Å². The SMILES string of the molecule is Fc1cccc(CNc2ncc3nc(-c4ccccc4Cl)n(CCC4CCNCC4)c3n2)c1. The number of benzene rings is 2. The molecule has 0 bridgehead atoms. The van der Waals surface area contributed by atoms with E-state index in [9.17, 15) is 4.39 Å². The zero-order valence-corrected chi connectivity index (χ0v) is 19.0. The molecule has 0 unspecified atom stereocenters. The van der Waals surface area contributed by atoms with E-state index in [1.165, 1.54) is 25.0 Å². The zero-order chi connectivity index (χ0) is 22.6. The van der Waals surface area contributed by atoms with E-state index in [-0.39, 0.29) is 5.82 Å². The third kappa shape index (κ3) is 4.99. The van der Waals surface area contributed by atoms with E-state index in [1.807, 2.05) is 30.3 Å². The molecule has 2 aromatic carbocycles. The first-order valence-electron chi connectivity index (χ1n) is 11.3. The number of nitrogens with zero attached hydrogens (tertiary/aromatic N) is 4. The molecule has 1 aliphatic heterocycles. The van der Waals surface area contributed by atoms with Crippen molar-refractivity contribution in [3.05, 3.63) is 71.1 Å². The number of aromatic nitrogens is 4. The Balaban J connectivity index is 1.47. The van der Waals surface area contributed by atoms with Crippen LogP contribution in [0.15, 0.2) is 54.7 Å². The number of hydrogen-bond acceptors (Lipinski definition) is 5. The van der Waals surface area contributed by atoms with E-state index in [1.54, 1.807) is 12.3 Å². The van der Waals surface area contributed by atoms with Crippen LogP contribution in [0.1, 0.15) is 24.8 Å². The van der Waals surface area contributed by atoms with Gasteiger partial charge in [-0.05, 0) is 68.1 Å². The Morgan fingerprint density at radius 1 is 1.09 bits per heavy atom. The van der Waals surface area contributed by atoms with Gasteiger partial charge in [-0.1, -0.05) is 35.9 Å². The molecule has 0 atom stereocenters. The zero-order valence-electron chi connectivity index (χ0n) is 18.3. The molecule has 0 aliphatic carbocycles. The van der Waals surface area contributed by atoms with Crippen molar-refractivity contribution in [2.75, 3.05) is 18.4 Å². The molecule has 3 heterocycles. The summed E-state index contributed by atoms with van der Waals surface area (Å²) >= 11 is 6.53. The predicted octanol–water partition coefficient (Wildman–Crippen LogP) is 5.29. The Hall–Kier alpha value is -3.03. The van der Waals surface area contributed by atoms with Crippen molar-refractivity contribution in [1.29, 1.82) is 0 Å². The highest BCUT2D eigenvalue weighted by Gasteiger charge is 2.19. The number of fused-ring (bicyclic) bond motifs is 1. The minimum absolute atomic E-state index is 0.258. The maximum atomic E-state index is 13.5. The van der Waals surface area contributed by atoms with Crippen LogP contribution in [-0.4, -0.2) is 32.6 Å². The van der Waals surface area contributed by atoms with Gasteiger partial charge in [0.05, 0.1) is 11.2 Å². The lowest BCUT2D eigenvalue weighted by Crippen LogP contribution is -2.28. The molecule has 0 saturated carbocycles. The van der Waals surface area contributed by atoms with E-state index >= 15 is 0 Å². The molecule has 1 fully saturated rings. The second-order valence-electron chi connectivity index (χ2n) is 8.43. The number of piperidine rings is 1. The Kier molecular flexibility index (Phi) is 6.51. The molecule has 2 N–H and O–H groups in total. The van der Waals surface area contributed by atoms with Gasteiger partial charge >= 0.3 is 0 Å². The van der Waals surface area contributed by atoms with E-state index < -0.39 is 0 Å². The van der Waals surface area contributed by atoms with Crippen molar-refractivity contribution in [3.63, 3.8) is 0 Å². The number of anilines is 1. The van der Waals surface area contributed by atoms with Gasteiger partial charge in [-0.2, -0.15) is 4.98 Å². The summed E-state index contributed by atoms with van der Waals surface area (Å²) in [6.45, 7) is 3.39. The quantitative estimate of drug-likeness (QED) is 0.389. The fourth-order valence-corrected chi connectivity index (χ4v) is 4.59. The fourth-order valence-electron chi connectivity index (χ4n) is 4.37. The van der Waals surface area contributed by atoms with Crippen LogP contribution in [0.25, 0.3) is 22.6 Å². The molecule has 4 aromatic rings. The average molecular weight is 465 g/mol. The normalized spacial score (nSPS) is 14.6. The Morgan fingerprint density at radius 2 is 1.94 bits per heavy atom. The lowest BCUT2D eigenvalue weighted by atomic mass is 9.95. The molecule has 2 aromatic heterocycles. The van der Waals surface area contributed by atoms with E-state index in [2.05, 4.69) is 20.2 Å². The summed E-state index contributed by atoms with van der Waals surface area (Å²) in [5.74, 6) is 1.71. The van der Waals surface area contributed by atoms with Gasteiger partial charge in [-0.25, -0.2) is 14.4 Å². The first-order valence-corrected chi connectivity index (χ1v) is 11.7. The van der Waals surface area contributed by atoms with Crippen molar-refractivity contribution in [2.45, 2.75) is 32.4 Å². The molecule has 8 heteroatoms. The van der Waals surface area contributed by atoms with E-state index in [4.69, 9.17) is 21.6 Å². The maximum Gasteiger partial charge on any atom is 0.225 e. The molecule has 0 radical (unpaired) electrons. The second kappa shape index (κ2) is 9.85. The van der Waals surface area contributed by atoms with Crippen LogP contribution in [0.3, 0.4) is 0 Å². The first kappa shape index (κ1) is 21.8. The second-order valence-corrected chi connectivity index (χ2v) is 8.84. The summed E-state index contributed by atoms with van der Waals surface area (Å²) in [4.78, 5) is 14.1. The van der Waals surface area contributed by atoms with Crippen molar-refractivity contribution >= 4 is 28.7 Å². The Morgan fingerprint density at radius 3 is 2.76 bits per heavy atom. The number of halogens is 2. The van der Waals surface area contributed by atoms with Crippen LogP contribution in [0.5, 0.6) is 0 Å². The van der Waals surface area contributed by atoms with Crippen molar-refractivity contribution in [2.24, 2.45) is 5.92 Å². The van der Waals surface area contributed by atoms with Gasteiger partial charge in [0.2, 0.25) is 5.95 Å². The van der Waals surface area contributed by atoms with Gasteiger partial charge in [-0.3, -0.25) is 0 Å². The molecule has 0 amide bonds. The molecule has 5 rings (SSSR count). The molecular formula is C25H26ClFN6. The minimum Gasteiger partial charge on any atom is -0.350 e. The van der Waals surface area contributed by atoms with Gasteiger partial charge in [0, 0.05) is 18.7 Å². The standard InChI is InChI=1S/C25H26ClFN6/c26-21-7-2-1-6-20(21)23-31-22-16-30-25(29-15-18-4-3-5-19(27)14-18)32-24(22)33(23)13-10-17-8-11-28-12-9-17/h1-7,14,16-17,28H,8-13,15H2,(H,29,30,32). The summed E-state index contributed by atoms with van der Waals surface area (Å²) < 4.78 is 15.7. The van der Waals surface area contributed by atoms with Crippen molar-refractivity contribution < 1.29 is 4.39 Å². The van der Waals surface area contributed by atoms with Crippen molar-refractivity contribution in [3.8, 4) is 11.4 Å². The lowest BCUT2D eigenvalue weighted by molar-refractivity contribution is 0.339. The van der Waals surface area contributed by atoms with Crippen LogP contribution in [0, 0.1) is 11.7 Å². The van der Waals surface area contributed by atoms with Gasteiger partial charge in [0.15, 0.2) is 5.65 Å². The number of imidazole rings is 1. The molecule has 0 spiro atoms. The van der Waals surface area contributed by atoms with Gasteiger partial charge in [0.25, 0.3) is 0 Å². The number of nitrogens with one attached hydrogen (secondary N) is 2. The summed E-state index contributed by atoms with van der Waals surface area (Å²) in [6, 6.07) is 14.3. The maximum absolute atomic E-state index is 13.5. The molecule has 1 aliphatic rings. The number of aryl methyl sites for hydroxylation is 1. The van der Waals surface area contributed by atoms with Crippen LogP contribution >= 0.6 is 11.6 Å². The highest BCUT2D eigenvalue weighted by Crippen LogP contribution is 2.31. The summed E-state index contributed by atoms with van der Waals surface area (Å²) in [5, 5.41) is 7.30. The molecule has 170 valence electrons. The number of rotatable bonds is 7. The average Bonchev–Trinajstić information content (AvgIpc) is 3.20. The van der Waals surface area contributed by atoms with Gasteiger partial charge in [0.1, 0.15) is 17.2 Å². The summed E-state index contributed by atoms with van der Waals surface area (Å²) in [5.41, 5.74) is 3.22. The monoisotopic (exact) mass is 464 g/mol. The third-order valence-corrected chi connectivity index (χ3v) is 6.49. The molecule has 6 nitrogen and oxygen atoms in total. The topological polar surface area (TPSA) is 67.7 Å². The van der Waals surface area contributed by atoms with Crippen molar-refractivity contribution in [1.82, 2.24) is 24.8 Å². The largest absolute Gasteiger partial charge is 0.350 e. The third-order valence-electron chi connectivity index (χ3n) is 6.16. The van der Waals surface area contributed by atoms with Crippen LogP contribution in [0.2, 0.25) is 5.02 Å². The Bertz CT molecular complexity index is 1250. The molecule has 33 heavy (non-hydrogen) atoms. The molecule has 1 saturated heterocycles. The highest BCUT2D eigenvalue weighted by atomic mass is 35.5. The van der Waals surface area contributed by atoms with Gasteiger partial charge < -0.3 is 15.2 Å². The fraction of sp³-hybridized carbons (Fsp3) is 0.320. The van der Waals surface area contributed by atoms with Crippen LogP contribution < -0.4 is 10.6 Å². The lowest BCUT2D eigenvalue weighted by Gasteiger charge is -2.23. The summed E-state index contributed by atoms with van der Waals surface area (Å²) in [6.07, 6.45) is 5.16. The van der Waals surface area contributed by atoms with E-state index in [0.717, 1.165) is 54.2 Å². The first-order chi connectivity index (χ1) is 16.2. The van der Waals surface area contributed by atoms with Crippen LogP contribution in [0.4, 0.5) is 10.3 Å². The highest BCUT2D eigenvalue weighted by molar-refractivity contribution is 6.33.